The minimum absolute atomic E-state index is 0.156. The van der Waals surface area contributed by atoms with Gasteiger partial charge in [-0.05, 0) is 43.8 Å². The number of amides is 1. The lowest BCUT2D eigenvalue weighted by molar-refractivity contribution is -0.124. The SMILES string of the molecule is CC(C)(C)c1cc(C(C)(C)C)c(C(F)C(=O)NS(=O)(=O)Oc2c(C(C)(C)C)cccc2C(C)(C)C)c(C(C)(C)C)c1. The predicted molar refractivity (Wildman–Crippen MR) is 168 cm³/mol. The molecule has 5 nitrogen and oxygen atoms in total. The van der Waals surface area contributed by atoms with Crippen molar-refractivity contribution in [2.75, 3.05) is 0 Å². The van der Waals surface area contributed by atoms with E-state index in [1.807, 2.05) is 118 Å². The third-order valence-corrected chi connectivity index (χ3v) is 8.03. The van der Waals surface area contributed by atoms with E-state index in [2.05, 4.69) is 20.8 Å². The quantitative estimate of drug-likeness (QED) is 0.379. The van der Waals surface area contributed by atoms with Crippen LogP contribution >= 0.6 is 0 Å². The van der Waals surface area contributed by atoms with Gasteiger partial charge in [0.05, 0.1) is 0 Å². The molecule has 1 N–H and O–H groups in total. The maximum Gasteiger partial charge on any atom is 0.409 e. The molecule has 1 amide bonds. The first kappa shape index (κ1) is 34.8. The van der Waals surface area contributed by atoms with Crippen LogP contribution in [0.4, 0.5) is 4.39 Å². The van der Waals surface area contributed by atoms with Gasteiger partial charge in [-0.1, -0.05) is 134 Å². The second-order valence-corrected chi connectivity index (χ2v) is 17.6. The molecule has 1 atom stereocenters. The topological polar surface area (TPSA) is 72.5 Å². The molecule has 41 heavy (non-hydrogen) atoms. The summed E-state index contributed by atoms with van der Waals surface area (Å²) in [6, 6.07) is 9.37. The average Bonchev–Trinajstić information content (AvgIpc) is 2.73. The van der Waals surface area contributed by atoms with Crippen molar-refractivity contribution in [3.05, 3.63) is 63.7 Å². The zero-order valence-corrected chi connectivity index (χ0v) is 28.7. The number of benzene rings is 2. The van der Waals surface area contributed by atoms with Crippen LogP contribution < -0.4 is 8.91 Å². The van der Waals surface area contributed by atoms with Gasteiger partial charge < -0.3 is 4.18 Å². The minimum atomic E-state index is -4.72. The maximum atomic E-state index is 16.4. The van der Waals surface area contributed by atoms with Crippen molar-refractivity contribution in [2.45, 2.75) is 137 Å². The molecule has 2 rings (SSSR count). The van der Waals surface area contributed by atoms with E-state index >= 15 is 4.39 Å². The Hall–Kier alpha value is -2.41. The molecule has 2 aromatic rings. The van der Waals surface area contributed by atoms with Gasteiger partial charge in [0.1, 0.15) is 0 Å². The first-order valence-corrected chi connectivity index (χ1v) is 15.7. The molecule has 0 bridgehead atoms. The normalized spacial score (nSPS) is 14.5. The lowest BCUT2D eigenvalue weighted by Gasteiger charge is -2.34. The Morgan fingerprint density at radius 3 is 1.37 bits per heavy atom. The molecule has 230 valence electrons. The molecule has 1 unspecified atom stereocenters. The van der Waals surface area contributed by atoms with Gasteiger partial charge in [-0.2, -0.15) is 8.42 Å². The summed E-state index contributed by atoms with van der Waals surface area (Å²) in [4.78, 5) is 13.4. The molecule has 0 aliphatic carbocycles. The van der Waals surface area contributed by atoms with E-state index in [4.69, 9.17) is 4.18 Å². The Labute approximate surface area is 248 Å². The van der Waals surface area contributed by atoms with Crippen LogP contribution in [-0.2, 0) is 42.2 Å². The maximum absolute atomic E-state index is 16.4. The van der Waals surface area contributed by atoms with E-state index in [0.29, 0.717) is 22.3 Å². The number of carbonyl (C=O) groups excluding carboxylic acids is 1. The summed E-state index contributed by atoms with van der Waals surface area (Å²) in [5, 5.41) is 0. The second kappa shape index (κ2) is 11.0. The molecule has 2 aromatic carbocycles. The fraction of sp³-hybridized carbons (Fsp3) is 0.618. The van der Waals surface area contributed by atoms with Crippen molar-refractivity contribution in [1.82, 2.24) is 4.72 Å². The molecule has 0 heterocycles. The molecule has 0 fully saturated rings. The van der Waals surface area contributed by atoms with Crippen LogP contribution in [0.5, 0.6) is 5.75 Å². The Kier molecular flexibility index (Phi) is 9.35. The monoisotopic (exact) mass is 589 g/mol. The van der Waals surface area contributed by atoms with Gasteiger partial charge in [0.15, 0.2) is 5.75 Å². The molecule has 0 aliphatic rings. The lowest BCUT2D eigenvalue weighted by atomic mass is 9.71. The van der Waals surface area contributed by atoms with E-state index in [1.54, 1.807) is 0 Å². The van der Waals surface area contributed by atoms with Crippen molar-refractivity contribution in [2.24, 2.45) is 0 Å². The molecular weight excluding hydrogens is 537 g/mol. The molecule has 0 aromatic heterocycles. The molecule has 0 spiro atoms. The number of hydrogen-bond donors (Lipinski definition) is 1. The van der Waals surface area contributed by atoms with E-state index in [0.717, 1.165) is 5.56 Å². The fourth-order valence-electron chi connectivity index (χ4n) is 4.84. The highest BCUT2D eigenvalue weighted by Gasteiger charge is 2.37. The largest absolute Gasteiger partial charge is 0.409 e. The number of rotatable bonds is 5. The van der Waals surface area contributed by atoms with E-state index < -0.39 is 44.0 Å². The van der Waals surface area contributed by atoms with E-state index in [9.17, 15) is 13.2 Å². The Balaban J connectivity index is 2.67. The second-order valence-electron chi connectivity index (χ2n) is 16.3. The number of para-hydroxylation sites is 1. The number of hydrogen-bond acceptors (Lipinski definition) is 4. The summed E-state index contributed by atoms with van der Waals surface area (Å²) in [6.07, 6.45) is -2.23. The van der Waals surface area contributed by atoms with Crippen LogP contribution in [0.2, 0.25) is 0 Å². The zero-order valence-electron chi connectivity index (χ0n) is 27.9. The third kappa shape index (κ3) is 8.33. The zero-order chi connectivity index (χ0) is 32.1. The smallest absolute Gasteiger partial charge is 0.366 e. The first-order valence-electron chi connectivity index (χ1n) is 14.3. The minimum Gasteiger partial charge on any atom is -0.366 e. The summed E-state index contributed by atoms with van der Waals surface area (Å²) < 4.78 is 50.6. The Morgan fingerprint density at radius 1 is 0.683 bits per heavy atom. The van der Waals surface area contributed by atoms with Crippen LogP contribution in [0.25, 0.3) is 0 Å². The number of alkyl halides is 1. The van der Waals surface area contributed by atoms with Crippen molar-refractivity contribution >= 4 is 16.2 Å². The summed E-state index contributed by atoms with van der Waals surface area (Å²) in [5.74, 6) is -1.13. The van der Waals surface area contributed by atoms with Gasteiger partial charge in [0.2, 0.25) is 6.17 Å². The molecule has 0 aliphatic heterocycles. The van der Waals surface area contributed by atoms with Gasteiger partial charge in [-0.3, -0.25) is 4.79 Å². The highest BCUT2D eigenvalue weighted by Crippen LogP contribution is 2.43. The summed E-state index contributed by atoms with van der Waals surface area (Å²) in [5.41, 5.74) is 1.78. The van der Waals surface area contributed by atoms with Crippen molar-refractivity contribution in [3.8, 4) is 5.75 Å². The van der Waals surface area contributed by atoms with Gasteiger partial charge in [0, 0.05) is 16.7 Å². The van der Waals surface area contributed by atoms with Gasteiger partial charge in [-0.15, -0.1) is 0 Å². The standard InChI is InChI=1S/C34H52FNO4S/c1-30(2,3)21-19-24(33(10,11)12)26(25(20-21)34(13,14)15)27(35)29(37)36-41(38,39)40-28-22(31(4,5)6)17-16-18-23(28)32(7,8)9/h16-20,27H,1-15H3,(H,36,37). The van der Waals surface area contributed by atoms with Crippen molar-refractivity contribution in [1.29, 1.82) is 0 Å². The Bertz CT molecular complexity index is 1320. The number of nitrogens with one attached hydrogen (secondary N) is 1. The van der Waals surface area contributed by atoms with Crippen molar-refractivity contribution in [3.63, 3.8) is 0 Å². The van der Waals surface area contributed by atoms with Crippen LogP contribution in [0.3, 0.4) is 0 Å². The lowest BCUT2D eigenvalue weighted by Crippen LogP contribution is -2.38. The first-order chi connectivity index (χ1) is 18.1. The summed E-state index contributed by atoms with van der Waals surface area (Å²) in [7, 11) is -4.72. The van der Waals surface area contributed by atoms with Gasteiger partial charge in [0.25, 0.3) is 5.91 Å². The third-order valence-electron chi connectivity index (χ3n) is 7.20. The summed E-state index contributed by atoms with van der Waals surface area (Å²) >= 11 is 0. The highest BCUT2D eigenvalue weighted by molar-refractivity contribution is 7.85. The fourth-order valence-corrected chi connectivity index (χ4v) is 5.64. The van der Waals surface area contributed by atoms with Crippen LogP contribution in [0, 0.1) is 0 Å². The van der Waals surface area contributed by atoms with Crippen LogP contribution in [0.15, 0.2) is 30.3 Å². The van der Waals surface area contributed by atoms with Crippen LogP contribution in [0.1, 0.15) is 143 Å². The molecule has 0 radical (unpaired) electrons. The molecule has 7 heteroatoms. The van der Waals surface area contributed by atoms with E-state index in [-0.39, 0.29) is 16.7 Å². The average molecular weight is 590 g/mol. The molecule has 0 saturated heterocycles. The highest BCUT2D eigenvalue weighted by atomic mass is 32.2. The van der Waals surface area contributed by atoms with Gasteiger partial charge >= 0.3 is 10.3 Å². The van der Waals surface area contributed by atoms with Gasteiger partial charge in [-0.25, -0.2) is 9.11 Å². The van der Waals surface area contributed by atoms with Crippen LogP contribution in [-0.4, -0.2) is 14.3 Å². The van der Waals surface area contributed by atoms with Crippen molar-refractivity contribution < 1.29 is 21.8 Å². The van der Waals surface area contributed by atoms with E-state index in [1.165, 1.54) is 0 Å². The number of carbonyl (C=O) groups is 1. The number of halogens is 1. The Morgan fingerprint density at radius 2 is 1.05 bits per heavy atom. The predicted octanol–water partition coefficient (Wildman–Crippen LogP) is 8.62. The molecule has 0 saturated carbocycles. The summed E-state index contributed by atoms with van der Waals surface area (Å²) in [6.45, 7) is 29.8. The molecular formula is C34H52FNO4S.